The summed E-state index contributed by atoms with van der Waals surface area (Å²) < 4.78 is 0. The van der Waals surface area contributed by atoms with Crippen molar-refractivity contribution in [2.45, 2.75) is 20.3 Å². The number of benzene rings is 1. The predicted octanol–water partition coefficient (Wildman–Crippen LogP) is 3.23. The second-order valence-electron chi connectivity index (χ2n) is 4.13. The quantitative estimate of drug-likeness (QED) is 0.839. The molecule has 1 aromatic heterocycles. The minimum atomic E-state index is 0.774. The summed E-state index contributed by atoms with van der Waals surface area (Å²) >= 11 is 4.20. The van der Waals surface area contributed by atoms with E-state index in [9.17, 15) is 0 Å². The van der Waals surface area contributed by atoms with Crippen molar-refractivity contribution in [1.82, 2.24) is 9.97 Å². The van der Waals surface area contributed by atoms with E-state index >= 15 is 0 Å². The molecule has 0 atom stereocenters. The Hall–Kier alpha value is -1.35. The third-order valence-electron chi connectivity index (χ3n) is 2.84. The molecular formula is C14H16N2S. The van der Waals surface area contributed by atoms with E-state index in [0.717, 1.165) is 29.3 Å². The monoisotopic (exact) mass is 244 g/mol. The highest BCUT2D eigenvalue weighted by molar-refractivity contribution is 7.80. The van der Waals surface area contributed by atoms with Crippen LogP contribution >= 0.6 is 12.6 Å². The van der Waals surface area contributed by atoms with Gasteiger partial charge in [-0.2, -0.15) is 12.6 Å². The van der Waals surface area contributed by atoms with E-state index in [1.807, 2.05) is 12.3 Å². The van der Waals surface area contributed by atoms with Crippen molar-refractivity contribution in [2.75, 3.05) is 5.75 Å². The van der Waals surface area contributed by atoms with Crippen molar-refractivity contribution >= 4 is 12.6 Å². The number of hydrogen-bond donors (Lipinski definition) is 1. The molecule has 0 unspecified atom stereocenters. The van der Waals surface area contributed by atoms with E-state index in [1.54, 1.807) is 0 Å². The average Bonchev–Trinajstić information content (AvgIpc) is 2.33. The number of thiol groups is 1. The van der Waals surface area contributed by atoms with Crippen LogP contribution in [0.15, 0.2) is 30.5 Å². The van der Waals surface area contributed by atoms with Crippen molar-refractivity contribution in [3.8, 4) is 11.3 Å². The smallest absolute Gasteiger partial charge is 0.129 e. The highest BCUT2D eigenvalue weighted by atomic mass is 32.1. The van der Waals surface area contributed by atoms with E-state index in [2.05, 4.69) is 54.6 Å². The van der Waals surface area contributed by atoms with E-state index in [1.165, 1.54) is 11.1 Å². The van der Waals surface area contributed by atoms with Gasteiger partial charge < -0.3 is 0 Å². The molecular weight excluding hydrogens is 228 g/mol. The van der Waals surface area contributed by atoms with Crippen LogP contribution in [0.4, 0.5) is 0 Å². The summed E-state index contributed by atoms with van der Waals surface area (Å²) in [6, 6.07) is 8.36. The van der Waals surface area contributed by atoms with E-state index in [4.69, 9.17) is 0 Å². The van der Waals surface area contributed by atoms with Gasteiger partial charge in [-0.25, -0.2) is 9.97 Å². The van der Waals surface area contributed by atoms with Gasteiger partial charge in [-0.05, 0) is 42.9 Å². The molecule has 1 heterocycles. The lowest BCUT2D eigenvalue weighted by molar-refractivity contribution is 0.953. The molecule has 2 aromatic rings. The van der Waals surface area contributed by atoms with Crippen LogP contribution in [0.2, 0.25) is 0 Å². The second-order valence-corrected chi connectivity index (χ2v) is 4.58. The number of nitrogens with zero attached hydrogens (tertiary/aromatic N) is 2. The van der Waals surface area contributed by atoms with Gasteiger partial charge in [0.15, 0.2) is 0 Å². The molecule has 0 amide bonds. The molecule has 0 aliphatic rings. The van der Waals surface area contributed by atoms with Gasteiger partial charge in [-0.3, -0.25) is 0 Å². The summed E-state index contributed by atoms with van der Waals surface area (Å²) in [5.74, 6) is 1.63. The highest BCUT2D eigenvalue weighted by Crippen LogP contribution is 2.20. The van der Waals surface area contributed by atoms with Gasteiger partial charge in [-0.15, -0.1) is 0 Å². The maximum absolute atomic E-state index is 4.54. The van der Waals surface area contributed by atoms with Crippen molar-refractivity contribution in [1.29, 1.82) is 0 Å². The van der Waals surface area contributed by atoms with Crippen molar-refractivity contribution in [3.05, 3.63) is 47.4 Å². The zero-order valence-electron chi connectivity index (χ0n) is 10.1. The summed E-state index contributed by atoms with van der Waals surface area (Å²) in [5, 5.41) is 0. The van der Waals surface area contributed by atoms with Crippen molar-refractivity contribution in [2.24, 2.45) is 0 Å². The Bertz CT molecular complexity index is 523. The van der Waals surface area contributed by atoms with Crippen molar-refractivity contribution in [3.63, 3.8) is 0 Å². The molecule has 0 saturated carbocycles. The van der Waals surface area contributed by atoms with Crippen LogP contribution in [0.3, 0.4) is 0 Å². The van der Waals surface area contributed by atoms with Crippen LogP contribution in [0.1, 0.15) is 17.0 Å². The number of aryl methyl sites for hydroxylation is 3. The fourth-order valence-corrected chi connectivity index (χ4v) is 1.88. The molecule has 0 spiro atoms. The lowest BCUT2D eigenvalue weighted by atomic mass is 10.0. The van der Waals surface area contributed by atoms with E-state index in [0.29, 0.717) is 0 Å². The first-order valence-electron chi connectivity index (χ1n) is 5.71. The minimum absolute atomic E-state index is 0.774. The molecule has 2 rings (SSSR count). The molecule has 0 aliphatic heterocycles. The van der Waals surface area contributed by atoms with Crippen LogP contribution in [-0.2, 0) is 6.42 Å². The zero-order valence-corrected chi connectivity index (χ0v) is 11.0. The van der Waals surface area contributed by atoms with Crippen LogP contribution in [-0.4, -0.2) is 15.7 Å². The first kappa shape index (κ1) is 12.1. The maximum Gasteiger partial charge on any atom is 0.129 e. The van der Waals surface area contributed by atoms with Gasteiger partial charge >= 0.3 is 0 Å². The average molecular weight is 244 g/mol. The van der Waals surface area contributed by atoms with Crippen molar-refractivity contribution < 1.29 is 0 Å². The number of rotatable bonds is 3. The first-order valence-corrected chi connectivity index (χ1v) is 6.34. The third kappa shape index (κ3) is 2.86. The molecule has 0 fully saturated rings. The highest BCUT2D eigenvalue weighted by Gasteiger charge is 2.03. The predicted molar refractivity (Wildman–Crippen MR) is 74.5 cm³/mol. The fraction of sp³-hybridized carbons (Fsp3) is 0.286. The van der Waals surface area contributed by atoms with Gasteiger partial charge in [-0.1, -0.05) is 12.1 Å². The lowest BCUT2D eigenvalue weighted by Crippen LogP contribution is -1.97. The van der Waals surface area contributed by atoms with E-state index < -0.39 is 0 Å². The lowest BCUT2D eigenvalue weighted by Gasteiger charge is -2.06. The van der Waals surface area contributed by atoms with Crippen LogP contribution in [0.5, 0.6) is 0 Å². The van der Waals surface area contributed by atoms with Gasteiger partial charge in [0.1, 0.15) is 5.82 Å². The summed E-state index contributed by atoms with van der Waals surface area (Å²) in [6.07, 6.45) is 2.62. The Morgan fingerprint density at radius 2 is 1.94 bits per heavy atom. The number of hydrogen-bond acceptors (Lipinski definition) is 3. The summed E-state index contributed by atoms with van der Waals surface area (Å²) in [6.45, 7) is 4.24. The molecule has 0 N–H and O–H groups in total. The number of aromatic nitrogens is 2. The fourth-order valence-electron chi connectivity index (χ4n) is 1.68. The third-order valence-corrected chi connectivity index (χ3v) is 3.07. The molecule has 3 heteroatoms. The maximum atomic E-state index is 4.54. The molecule has 0 aliphatic carbocycles. The summed E-state index contributed by atoms with van der Waals surface area (Å²) in [4.78, 5) is 8.78. The second kappa shape index (κ2) is 5.32. The zero-order chi connectivity index (χ0) is 12.3. The SMILES string of the molecule is Cc1ccc(-c2ccnc(CCS)n2)cc1C. The Morgan fingerprint density at radius 1 is 1.12 bits per heavy atom. The molecule has 1 aromatic carbocycles. The van der Waals surface area contributed by atoms with Gasteiger partial charge in [0.2, 0.25) is 0 Å². The molecule has 0 bridgehead atoms. The molecule has 88 valence electrons. The van der Waals surface area contributed by atoms with Crippen LogP contribution < -0.4 is 0 Å². The first-order chi connectivity index (χ1) is 8.20. The molecule has 17 heavy (non-hydrogen) atoms. The molecule has 2 nitrogen and oxygen atoms in total. The Labute approximate surface area is 108 Å². The summed E-state index contributed by atoms with van der Waals surface area (Å²) in [7, 11) is 0. The molecule has 0 radical (unpaired) electrons. The van der Waals surface area contributed by atoms with Gasteiger partial charge in [0.05, 0.1) is 5.69 Å². The largest absolute Gasteiger partial charge is 0.241 e. The Kier molecular flexibility index (Phi) is 3.79. The Morgan fingerprint density at radius 3 is 2.65 bits per heavy atom. The topological polar surface area (TPSA) is 25.8 Å². The normalized spacial score (nSPS) is 10.5. The van der Waals surface area contributed by atoms with Gasteiger partial charge in [0.25, 0.3) is 0 Å². The Balaban J connectivity index is 2.38. The van der Waals surface area contributed by atoms with E-state index in [-0.39, 0.29) is 0 Å². The summed E-state index contributed by atoms with van der Waals surface area (Å²) in [5.41, 5.74) is 4.73. The van der Waals surface area contributed by atoms with Gasteiger partial charge in [0, 0.05) is 18.2 Å². The van der Waals surface area contributed by atoms with Crippen LogP contribution in [0.25, 0.3) is 11.3 Å². The molecule has 0 saturated heterocycles. The minimum Gasteiger partial charge on any atom is -0.241 e. The van der Waals surface area contributed by atoms with Crippen LogP contribution in [0, 0.1) is 13.8 Å². The standard InChI is InChI=1S/C14H16N2S/c1-10-3-4-12(9-11(10)2)13-5-7-15-14(16-13)6-8-17/h3-5,7,9,17H,6,8H2,1-2H3.